The highest BCUT2D eigenvalue weighted by Crippen LogP contribution is 2.24. The molecule has 1 saturated heterocycles. The van der Waals surface area contributed by atoms with Crippen LogP contribution in [-0.4, -0.2) is 40.0 Å². The molecular weight excluding hydrogens is 352 g/mol. The molecule has 3 N–H and O–H groups in total. The molecule has 1 aliphatic heterocycles. The fourth-order valence-corrected chi connectivity index (χ4v) is 3.37. The fraction of sp³-hybridized carbons (Fsp3) is 0.429. The second-order valence-corrected chi connectivity index (χ2v) is 6.99. The van der Waals surface area contributed by atoms with Crippen LogP contribution in [0.25, 0.3) is 0 Å². The van der Waals surface area contributed by atoms with Crippen molar-refractivity contribution in [3.8, 4) is 11.8 Å². The lowest BCUT2D eigenvalue weighted by Crippen LogP contribution is -2.47. The first-order valence-corrected chi connectivity index (χ1v) is 9.59. The van der Waals surface area contributed by atoms with Crippen molar-refractivity contribution in [3.05, 3.63) is 40.8 Å². The van der Waals surface area contributed by atoms with Gasteiger partial charge in [-0.25, -0.2) is 4.98 Å². The highest BCUT2D eigenvalue weighted by molar-refractivity contribution is 5.73. The van der Waals surface area contributed by atoms with E-state index < -0.39 is 0 Å². The number of nitrogens with two attached hydrogens (primary N) is 1. The minimum Gasteiger partial charge on any atom is -0.368 e. The number of carbonyl (C=O) groups excluding carboxylic acids is 1. The number of rotatable bonds is 3. The van der Waals surface area contributed by atoms with E-state index in [2.05, 4.69) is 43.9 Å². The van der Waals surface area contributed by atoms with Gasteiger partial charge >= 0.3 is 0 Å². The monoisotopic (exact) mass is 378 g/mol. The summed E-state index contributed by atoms with van der Waals surface area (Å²) in [7, 11) is 0. The Balaban J connectivity index is 1.91. The van der Waals surface area contributed by atoms with Gasteiger partial charge in [0, 0.05) is 43.5 Å². The van der Waals surface area contributed by atoms with Crippen LogP contribution in [0.15, 0.2) is 18.3 Å². The standard InChI is InChI=1S/C21H26N6O/c1-4-17-9-7-16(12-23-17)8-10-19-14(2)24-21(22)26-20(19)27-11-5-6-18(13-27)25-15(3)28/h7,9,12,18H,4-6,11,13H2,1-3H3,(H,25,28)(H2,22,24,26). The topological polar surface area (TPSA) is 97.0 Å². The molecule has 0 aliphatic carbocycles. The van der Waals surface area contributed by atoms with E-state index in [-0.39, 0.29) is 17.9 Å². The van der Waals surface area contributed by atoms with Crippen molar-refractivity contribution in [2.75, 3.05) is 23.7 Å². The summed E-state index contributed by atoms with van der Waals surface area (Å²) in [4.78, 5) is 26.7. The third kappa shape index (κ3) is 4.77. The summed E-state index contributed by atoms with van der Waals surface area (Å²) < 4.78 is 0. The van der Waals surface area contributed by atoms with E-state index in [1.54, 1.807) is 13.1 Å². The second-order valence-electron chi connectivity index (χ2n) is 6.99. The van der Waals surface area contributed by atoms with Crippen LogP contribution in [0, 0.1) is 18.8 Å². The average Bonchev–Trinajstić information content (AvgIpc) is 2.67. The third-order valence-corrected chi connectivity index (χ3v) is 4.74. The van der Waals surface area contributed by atoms with Crippen LogP contribution < -0.4 is 16.0 Å². The number of carbonyl (C=O) groups is 1. The quantitative estimate of drug-likeness (QED) is 0.791. The van der Waals surface area contributed by atoms with E-state index in [0.717, 1.165) is 54.1 Å². The minimum absolute atomic E-state index is 0.0201. The number of piperidine rings is 1. The lowest BCUT2D eigenvalue weighted by Gasteiger charge is -2.34. The lowest BCUT2D eigenvalue weighted by molar-refractivity contribution is -0.119. The maximum Gasteiger partial charge on any atom is 0.222 e. The molecule has 7 heteroatoms. The average molecular weight is 378 g/mol. The molecule has 1 atom stereocenters. The van der Waals surface area contributed by atoms with E-state index in [0.29, 0.717) is 6.54 Å². The van der Waals surface area contributed by atoms with Gasteiger partial charge in [0.25, 0.3) is 0 Å². The number of aromatic nitrogens is 3. The second kappa shape index (κ2) is 8.70. The van der Waals surface area contributed by atoms with E-state index >= 15 is 0 Å². The molecule has 0 bridgehead atoms. The summed E-state index contributed by atoms with van der Waals surface area (Å²) in [6.45, 7) is 7.02. The number of hydrogen-bond acceptors (Lipinski definition) is 6. The molecule has 28 heavy (non-hydrogen) atoms. The Morgan fingerprint density at radius 2 is 2.18 bits per heavy atom. The van der Waals surface area contributed by atoms with Crippen molar-refractivity contribution in [2.45, 2.75) is 46.1 Å². The zero-order valence-corrected chi connectivity index (χ0v) is 16.6. The first-order valence-electron chi connectivity index (χ1n) is 9.59. The molecule has 146 valence electrons. The van der Waals surface area contributed by atoms with Crippen LogP contribution in [0.4, 0.5) is 11.8 Å². The van der Waals surface area contributed by atoms with Crippen molar-refractivity contribution in [1.82, 2.24) is 20.3 Å². The van der Waals surface area contributed by atoms with Gasteiger partial charge in [-0.15, -0.1) is 0 Å². The summed E-state index contributed by atoms with van der Waals surface area (Å²) in [6.07, 6.45) is 4.59. The summed E-state index contributed by atoms with van der Waals surface area (Å²) in [5.74, 6) is 7.32. The Morgan fingerprint density at radius 3 is 2.86 bits per heavy atom. The van der Waals surface area contributed by atoms with Gasteiger partial charge in [0.2, 0.25) is 11.9 Å². The third-order valence-electron chi connectivity index (χ3n) is 4.74. The largest absolute Gasteiger partial charge is 0.368 e. The van der Waals surface area contributed by atoms with Crippen molar-refractivity contribution in [3.63, 3.8) is 0 Å². The maximum atomic E-state index is 11.4. The van der Waals surface area contributed by atoms with Crippen molar-refractivity contribution in [1.29, 1.82) is 0 Å². The number of anilines is 2. The molecule has 1 amide bonds. The molecule has 1 aliphatic rings. The molecule has 2 aromatic rings. The molecule has 0 spiro atoms. The summed E-state index contributed by atoms with van der Waals surface area (Å²) >= 11 is 0. The highest BCUT2D eigenvalue weighted by atomic mass is 16.1. The summed E-state index contributed by atoms with van der Waals surface area (Å²) in [5, 5.41) is 3.00. The Kier molecular flexibility index (Phi) is 6.09. The highest BCUT2D eigenvalue weighted by Gasteiger charge is 2.24. The molecule has 3 heterocycles. The van der Waals surface area contributed by atoms with Gasteiger partial charge < -0.3 is 16.0 Å². The van der Waals surface area contributed by atoms with Gasteiger partial charge in [0.1, 0.15) is 5.82 Å². The molecule has 0 saturated carbocycles. The molecule has 1 unspecified atom stereocenters. The normalized spacial score (nSPS) is 16.2. The number of nitrogens with zero attached hydrogens (tertiary/aromatic N) is 4. The Morgan fingerprint density at radius 1 is 1.36 bits per heavy atom. The summed E-state index contributed by atoms with van der Waals surface area (Å²) in [5.41, 5.74) is 9.30. The van der Waals surface area contributed by atoms with Gasteiger partial charge in [-0.1, -0.05) is 18.8 Å². The SMILES string of the molecule is CCc1ccc(C#Cc2c(C)nc(N)nc2N2CCCC(NC(C)=O)C2)cn1. The first kappa shape index (κ1) is 19.6. The van der Waals surface area contributed by atoms with Crippen LogP contribution in [-0.2, 0) is 11.2 Å². The van der Waals surface area contributed by atoms with Crippen LogP contribution in [0.2, 0.25) is 0 Å². The van der Waals surface area contributed by atoms with E-state index in [9.17, 15) is 4.79 Å². The van der Waals surface area contributed by atoms with E-state index in [4.69, 9.17) is 5.73 Å². The molecule has 7 nitrogen and oxygen atoms in total. The van der Waals surface area contributed by atoms with Gasteiger partial charge in [-0.2, -0.15) is 4.98 Å². The van der Waals surface area contributed by atoms with E-state index in [1.165, 1.54) is 0 Å². The van der Waals surface area contributed by atoms with Crippen LogP contribution in [0.3, 0.4) is 0 Å². The number of nitrogens with one attached hydrogen (secondary N) is 1. The van der Waals surface area contributed by atoms with Crippen LogP contribution in [0.5, 0.6) is 0 Å². The fourth-order valence-electron chi connectivity index (χ4n) is 3.37. The van der Waals surface area contributed by atoms with Gasteiger partial charge in [0.15, 0.2) is 0 Å². The molecule has 2 aromatic heterocycles. The maximum absolute atomic E-state index is 11.4. The molecule has 0 aromatic carbocycles. The number of pyridine rings is 1. The van der Waals surface area contributed by atoms with Gasteiger partial charge in [-0.3, -0.25) is 9.78 Å². The zero-order chi connectivity index (χ0) is 20.1. The van der Waals surface area contributed by atoms with Crippen molar-refractivity contribution >= 4 is 17.7 Å². The van der Waals surface area contributed by atoms with E-state index in [1.807, 2.05) is 19.1 Å². The number of amides is 1. The Hall–Kier alpha value is -3.14. The smallest absolute Gasteiger partial charge is 0.222 e. The lowest BCUT2D eigenvalue weighted by atomic mass is 10.0. The number of nitrogen functional groups attached to an aromatic ring is 1. The Bertz CT molecular complexity index is 913. The number of aryl methyl sites for hydroxylation is 2. The predicted molar refractivity (Wildman–Crippen MR) is 110 cm³/mol. The zero-order valence-electron chi connectivity index (χ0n) is 16.6. The molecule has 3 rings (SSSR count). The molecule has 0 radical (unpaired) electrons. The molecular formula is C21H26N6O. The molecule has 1 fully saturated rings. The Labute approximate surface area is 165 Å². The minimum atomic E-state index is -0.0201. The van der Waals surface area contributed by atoms with Crippen molar-refractivity contribution in [2.24, 2.45) is 0 Å². The van der Waals surface area contributed by atoms with Crippen molar-refractivity contribution < 1.29 is 4.79 Å². The first-order chi connectivity index (χ1) is 13.5. The van der Waals surface area contributed by atoms with Crippen LogP contribution >= 0.6 is 0 Å². The van der Waals surface area contributed by atoms with Gasteiger partial charge in [-0.05, 0) is 38.3 Å². The summed E-state index contributed by atoms with van der Waals surface area (Å²) in [6, 6.07) is 4.05. The van der Waals surface area contributed by atoms with Crippen LogP contribution in [0.1, 0.15) is 49.2 Å². The predicted octanol–water partition coefficient (Wildman–Crippen LogP) is 1.83. The number of hydrogen-bond donors (Lipinski definition) is 2. The van der Waals surface area contributed by atoms with Gasteiger partial charge in [0.05, 0.1) is 11.3 Å².